The number of hydrogen-bond acceptors (Lipinski definition) is 4. The van der Waals surface area contributed by atoms with Gasteiger partial charge in [-0.1, -0.05) is 12.1 Å². The second-order valence-corrected chi connectivity index (χ2v) is 9.81. The van der Waals surface area contributed by atoms with E-state index in [1.165, 1.54) is 11.3 Å². The predicted octanol–water partition coefficient (Wildman–Crippen LogP) is 3.09. The molecule has 2 aliphatic rings. The SMILES string of the molecule is O=C(NC1CC1)c1cccc(-c2ccc(S(=O)(=O)N3CCCC3)s2)c1. The first-order chi connectivity index (χ1) is 12.0. The highest BCUT2D eigenvalue weighted by molar-refractivity contribution is 7.91. The van der Waals surface area contributed by atoms with Crippen LogP contribution in [0.4, 0.5) is 0 Å². The molecule has 4 rings (SSSR count). The van der Waals surface area contributed by atoms with Gasteiger partial charge in [0.1, 0.15) is 4.21 Å². The lowest BCUT2D eigenvalue weighted by Gasteiger charge is -2.13. The van der Waals surface area contributed by atoms with E-state index in [1.807, 2.05) is 24.3 Å². The minimum atomic E-state index is -3.39. The van der Waals surface area contributed by atoms with Crippen molar-refractivity contribution in [2.24, 2.45) is 0 Å². The standard InChI is InChI=1S/C18H20N2O3S2/c21-18(19-15-6-7-15)14-5-3-4-13(12-14)16-8-9-17(24-16)25(22,23)20-10-1-2-11-20/h3-5,8-9,12,15H,1-2,6-7,10-11H2,(H,19,21). The van der Waals surface area contributed by atoms with E-state index in [4.69, 9.17) is 0 Å². The molecule has 1 aliphatic carbocycles. The fraction of sp³-hybridized carbons (Fsp3) is 0.389. The van der Waals surface area contributed by atoms with Crippen molar-refractivity contribution in [2.75, 3.05) is 13.1 Å². The summed E-state index contributed by atoms with van der Waals surface area (Å²) in [7, 11) is -3.39. The van der Waals surface area contributed by atoms with Crippen molar-refractivity contribution in [3.63, 3.8) is 0 Å². The number of benzene rings is 1. The number of sulfonamides is 1. The number of hydrogen-bond donors (Lipinski definition) is 1. The van der Waals surface area contributed by atoms with Crippen molar-refractivity contribution in [2.45, 2.75) is 35.9 Å². The molecule has 0 unspecified atom stereocenters. The zero-order valence-corrected chi connectivity index (χ0v) is 15.4. The Morgan fingerprint density at radius 3 is 2.60 bits per heavy atom. The Hall–Kier alpha value is -1.70. The summed E-state index contributed by atoms with van der Waals surface area (Å²) >= 11 is 1.27. The van der Waals surface area contributed by atoms with Gasteiger partial charge in [0.2, 0.25) is 0 Å². The summed E-state index contributed by atoms with van der Waals surface area (Å²) in [6.07, 6.45) is 3.95. The normalized spacial score (nSPS) is 18.4. The van der Waals surface area contributed by atoms with E-state index in [-0.39, 0.29) is 5.91 Å². The first-order valence-corrected chi connectivity index (χ1v) is 10.8. The van der Waals surface area contributed by atoms with E-state index in [0.29, 0.717) is 28.9 Å². The Bertz CT molecular complexity index is 895. The molecule has 0 bridgehead atoms. The zero-order chi connectivity index (χ0) is 17.4. The quantitative estimate of drug-likeness (QED) is 0.872. The van der Waals surface area contributed by atoms with Crippen LogP contribution in [0.15, 0.2) is 40.6 Å². The third kappa shape index (κ3) is 3.49. The van der Waals surface area contributed by atoms with Crippen molar-refractivity contribution in [3.05, 3.63) is 42.0 Å². The molecular weight excluding hydrogens is 356 g/mol. The van der Waals surface area contributed by atoms with Gasteiger partial charge in [-0.3, -0.25) is 4.79 Å². The molecule has 2 aromatic rings. The second-order valence-electron chi connectivity index (χ2n) is 6.56. The molecule has 7 heteroatoms. The highest BCUT2D eigenvalue weighted by Gasteiger charge is 2.28. The number of carbonyl (C=O) groups excluding carboxylic acids is 1. The summed E-state index contributed by atoms with van der Waals surface area (Å²) in [6.45, 7) is 1.21. The number of carbonyl (C=O) groups is 1. The summed E-state index contributed by atoms with van der Waals surface area (Å²) in [5.41, 5.74) is 1.48. The molecule has 0 atom stereocenters. The fourth-order valence-electron chi connectivity index (χ4n) is 2.98. The Morgan fingerprint density at radius 2 is 1.88 bits per heavy atom. The molecule has 1 aromatic heterocycles. The molecule has 1 aromatic carbocycles. The smallest absolute Gasteiger partial charge is 0.252 e. The number of amides is 1. The van der Waals surface area contributed by atoms with Gasteiger partial charge >= 0.3 is 0 Å². The summed E-state index contributed by atoms with van der Waals surface area (Å²) in [6, 6.07) is 11.2. The minimum Gasteiger partial charge on any atom is -0.349 e. The lowest BCUT2D eigenvalue weighted by molar-refractivity contribution is 0.0951. The first kappa shape index (κ1) is 16.8. The van der Waals surface area contributed by atoms with Crippen LogP contribution in [0.1, 0.15) is 36.0 Å². The van der Waals surface area contributed by atoms with Crippen LogP contribution >= 0.6 is 11.3 Å². The Labute approximate surface area is 151 Å². The maximum atomic E-state index is 12.7. The number of rotatable bonds is 5. The Morgan fingerprint density at radius 1 is 1.12 bits per heavy atom. The van der Waals surface area contributed by atoms with Crippen molar-refractivity contribution < 1.29 is 13.2 Å². The van der Waals surface area contributed by atoms with Gasteiger partial charge in [0.15, 0.2) is 0 Å². The average molecular weight is 377 g/mol. The highest BCUT2D eigenvalue weighted by atomic mass is 32.2. The lowest BCUT2D eigenvalue weighted by Crippen LogP contribution is -2.27. The summed E-state index contributed by atoms with van der Waals surface area (Å²) in [5, 5.41) is 2.98. The Kier molecular flexibility index (Phi) is 4.39. The number of nitrogens with one attached hydrogen (secondary N) is 1. The fourth-order valence-corrected chi connectivity index (χ4v) is 5.95. The van der Waals surface area contributed by atoms with Crippen molar-refractivity contribution >= 4 is 27.3 Å². The molecule has 1 aliphatic heterocycles. The second kappa shape index (κ2) is 6.55. The maximum absolute atomic E-state index is 12.7. The van der Waals surface area contributed by atoms with Crippen LogP contribution < -0.4 is 5.32 Å². The largest absolute Gasteiger partial charge is 0.349 e. The summed E-state index contributed by atoms with van der Waals surface area (Å²) in [4.78, 5) is 13.1. The van der Waals surface area contributed by atoms with Crippen molar-refractivity contribution in [1.29, 1.82) is 0 Å². The van der Waals surface area contributed by atoms with Crippen LogP contribution in [0, 0.1) is 0 Å². The van der Waals surface area contributed by atoms with Crippen molar-refractivity contribution in [3.8, 4) is 10.4 Å². The van der Waals surface area contributed by atoms with Gasteiger partial charge < -0.3 is 5.32 Å². The molecule has 1 saturated heterocycles. The first-order valence-electron chi connectivity index (χ1n) is 8.55. The van der Waals surface area contributed by atoms with Crippen LogP contribution in [0.25, 0.3) is 10.4 Å². The van der Waals surface area contributed by atoms with Crippen LogP contribution in [0.5, 0.6) is 0 Å². The monoisotopic (exact) mass is 376 g/mol. The van der Waals surface area contributed by atoms with Gasteiger partial charge in [-0.25, -0.2) is 8.42 Å². The molecule has 5 nitrogen and oxygen atoms in total. The van der Waals surface area contributed by atoms with E-state index in [0.717, 1.165) is 36.1 Å². The molecule has 0 radical (unpaired) electrons. The molecule has 1 amide bonds. The number of thiophene rings is 1. The van der Waals surface area contributed by atoms with E-state index in [1.54, 1.807) is 16.4 Å². The van der Waals surface area contributed by atoms with Crippen LogP contribution in [0.2, 0.25) is 0 Å². The predicted molar refractivity (Wildman–Crippen MR) is 98.2 cm³/mol. The molecule has 1 saturated carbocycles. The highest BCUT2D eigenvalue weighted by Crippen LogP contribution is 2.33. The van der Waals surface area contributed by atoms with Gasteiger partial charge in [-0.2, -0.15) is 4.31 Å². The van der Waals surface area contributed by atoms with Crippen LogP contribution in [-0.4, -0.2) is 37.8 Å². The third-order valence-electron chi connectivity index (χ3n) is 4.56. The van der Waals surface area contributed by atoms with Crippen molar-refractivity contribution in [1.82, 2.24) is 9.62 Å². The zero-order valence-electron chi connectivity index (χ0n) is 13.8. The van der Waals surface area contributed by atoms with E-state index >= 15 is 0 Å². The molecule has 0 spiro atoms. The topological polar surface area (TPSA) is 66.5 Å². The van der Waals surface area contributed by atoms with Gasteiger partial charge in [0.25, 0.3) is 15.9 Å². The molecule has 1 N–H and O–H groups in total. The molecule has 2 heterocycles. The minimum absolute atomic E-state index is 0.0641. The lowest BCUT2D eigenvalue weighted by atomic mass is 10.1. The number of nitrogens with zero attached hydrogens (tertiary/aromatic N) is 1. The molecule has 25 heavy (non-hydrogen) atoms. The molecular formula is C18H20N2O3S2. The third-order valence-corrected chi connectivity index (χ3v) is 8.06. The molecule has 2 fully saturated rings. The van der Waals surface area contributed by atoms with Crippen LogP contribution in [-0.2, 0) is 10.0 Å². The van der Waals surface area contributed by atoms with E-state index in [2.05, 4.69) is 5.32 Å². The van der Waals surface area contributed by atoms with Gasteiger partial charge in [-0.05, 0) is 55.5 Å². The average Bonchev–Trinajstić information content (AvgIpc) is 3.10. The molecule has 132 valence electrons. The Balaban J connectivity index is 1.58. The van der Waals surface area contributed by atoms with Gasteiger partial charge in [0.05, 0.1) is 0 Å². The van der Waals surface area contributed by atoms with Gasteiger partial charge in [0, 0.05) is 29.6 Å². The summed E-state index contributed by atoms with van der Waals surface area (Å²) < 4.78 is 27.2. The van der Waals surface area contributed by atoms with Crippen LogP contribution in [0.3, 0.4) is 0 Å². The maximum Gasteiger partial charge on any atom is 0.252 e. The summed E-state index contributed by atoms with van der Waals surface area (Å²) in [5.74, 6) is -0.0641. The van der Waals surface area contributed by atoms with E-state index in [9.17, 15) is 13.2 Å². The van der Waals surface area contributed by atoms with E-state index < -0.39 is 10.0 Å². The van der Waals surface area contributed by atoms with Gasteiger partial charge in [-0.15, -0.1) is 11.3 Å².